The Hall–Kier alpha value is -1.86. The summed E-state index contributed by atoms with van der Waals surface area (Å²) in [4.78, 5) is 12.4. The first kappa shape index (κ1) is 15.5. The van der Waals surface area contributed by atoms with Crippen LogP contribution in [-0.4, -0.2) is 17.6 Å². The summed E-state index contributed by atoms with van der Waals surface area (Å²) in [5, 5.41) is 11.6. The van der Waals surface area contributed by atoms with Gasteiger partial charge in [0.1, 0.15) is 12.4 Å². The van der Waals surface area contributed by atoms with Crippen molar-refractivity contribution in [1.82, 2.24) is 0 Å². The van der Waals surface area contributed by atoms with Crippen LogP contribution in [0.4, 0.5) is 10.1 Å². The lowest BCUT2D eigenvalue weighted by molar-refractivity contribution is -0.118. The summed E-state index contributed by atoms with van der Waals surface area (Å²) in [5.41, 5.74) is 0.719. The van der Waals surface area contributed by atoms with E-state index in [4.69, 9.17) is 5.11 Å². The molecule has 2 N–H and O–H groups in total. The zero-order valence-corrected chi connectivity index (χ0v) is 12.7. The number of hydrogen-bond donors (Lipinski definition) is 2. The second kappa shape index (κ2) is 5.16. The van der Waals surface area contributed by atoms with Crippen LogP contribution in [0.1, 0.15) is 33.3 Å². The van der Waals surface area contributed by atoms with E-state index in [1.807, 2.05) is 0 Å². The Balaban J connectivity index is 2.23. The maximum Gasteiger partial charge on any atom is 0.228 e. The van der Waals surface area contributed by atoms with Crippen LogP contribution >= 0.6 is 0 Å². The number of anilines is 1. The molecule has 21 heavy (non-hydrogen) atoms. The Morgan fingerprint density at radius 1 is 1.33 bits per heavy atom. The maximum absolute atomic E-state index is 13.3. The van der Waals surface area contributed by atoms with Gasteiger partial charge in [0, 0.05) is 5.92 Å². The first-order valence-corrected chi connectivity index (χ1v) is 6.92. The van der Waals surface area contributed by atoms with Gasteiger partial charge >= 0.3 is 0 Å². The number of aliphatic hydroxyl groups is 1. The second-order valence-electron chi connectivity index (χ2n) is 6.52. The number of carbonyl (C=O) groups is 1. The van der Waals surface area contributed by atoms with Gasteiger partial charge < -0.3 is 10.4 Å². The lowest BCUT2D eigenvalue weighted by Crippen LogP contribution is -2.18. The second-order valence-corrected chi connectivity index (χ2v) is 6.52. The summed E-state index contributed by atoms with van der Waals surface area (Å²) < 4.78 is 13.3. The zero-order chi connectivity index (χ0) is 15.8. The first-order chi connectivity index (χ1) is 9.71. The molecule has 0 radical (unpaired) electrons. The van der Waals surface area contributed by atoms with Crippen molar-refractivity contribution in [2.45, 2.75) is 27.7 Å². The number of halogens is 1. The Morgan fingerprint density at radius 3 is 2.48 bits per heavy atom. The molecule has 0 aromatic heterocycles. The predicted molar refractivity (Wildman–Crippen MR) is 80.0 cm³/mol. The molecule has 0 spiro atoms. The molecule has 1 aromatic rings. The molecule has 1 aliphatic carbocycles. The van der Waals surface area contributed by atoms with Crippen molar-refractivity contribution in [3.8, 4) is 11.8 Å². The SMILES string of the molecule is CC1(C)C(C(=O)Nc2ccc(F)cc2C#CCO)C1(C)C. The number of amides is 1. The van der Waals surface area contributed by atoms with Gasteiger partial charge in [-0.1, -0.05) is 39.5 Å². The van der Waals surface area contributed by atoms with Gasteiger partial charge in [-0.2, -0.15) is 0 Å². The number of carbonyl (C=O) groups excluding carboxylic acids is 1. The van der Waals surface area contributed by atoms with Crippen LogP contribution in [0, 0.1) is 34.4 Å². The molecule has 1 fully saturated rings. The molecule has 1 saturated carbocycles. The Morgan fingerprint density at radius 2 is 1.95 bits per heavy atom. The standard InChI is InChI=1S/C17H20FNO2/c1-16(2)14(17(16,3)4)15(21)19-13-8-7-12(18)10-11(13)6-5-9-20/h7-8,10,14,20H,9H2,1-4H3,(H,19,21). The van der Waals surface area contributed by atoms with Crippen LogP contribution < -0.4 is 5.32 Å². The molecule has 0 heterocycles. The molecule has 1 aliphatic rings. The van der Waals surface area contributed by atoms with Crippen molar-refractivity contribution in [1.29, 1.82) is 0 Å². The van der Waals surface area contributed by atoms with Crippen molar-refractivity contribution in [3.05, 3.63) is 29.6 Å². The fraction of sp³-hybridized carbons (Fsp3) is 0.471. The van der Waals surface area contributed by atoms with E-state index in [0.29, 0.717) is 11.3 Å². The molecule has 4 heteroatoms. The van der Waals surface area contributed by atoms with E-state index in [-0.39, 0.29) is 29.3 Å². The highest BCUT2D eigenvalue weighted by Gasteiger charge is 2.68. The van der Waals surface area contributed by atoms with Gasteiger partial charge in [-0.05, 0) is 29.0 Å². The summed E-state index contributed by atoms with van der Waals surface area (Å²) >= 11 is 0. The smallest absolute Gasteiger partial charge is 0.228 e. The van der Waals surface area contributed by atoms with Gasteiger partial charge in [0.25, 0.3) is 0 Å². The highest BCUT2D eigenvalue weighted by Crippen LogP contribution is 2.68. The molecule has 0 aliphatic heterocycles. The molecule has 1 amide bonds. The van der Waals surface area contributed by atoms with E-state index in [9.17, 15) is 9.18 Å². The molecule has 0 saturated heterocycles. The van der Waals surface area contributed by atoms with Gasteiger partial charge in [0.05, 0.1) is 11.3 Å². The number of benzene rings is 1. The molecule has 0 bridgehead atoms. The Bertz CT molecular complexity index is 624. The predicted octanol–water partition coefficient (Wildman–Crippen LogP) is 2.79. The average molecular weight is 289 g/mol. The van der Waals surface area contributed by atoms with Crippen molar-refractivity contribution < 1.29 is 14.3 Å². The molecule has 3 nitrogen and oxygen atoms in total. The molecular weight excluding hydrogens is 269 g/mol. The van der Waals surface area contributed by atoms with E-state index in [2.05, 4.69) is 44.9 Å². The third kappa shape index (κ3) is 2.66. The third-order valence-electron chi connectivity index (χ3n) is 4.82. The van der Waals surface area contributed by atoms with Gasteiger partial charge in [-0.25, -0.2) is 4.39 Å². The summed E-state index contributed by atoms with van der Waals surface area (Å²) in [7, 11) is 0. The van der Waals surface area contributed by atoms with Crippen LogP contribution in [-0.2, 0) is 4.79 Å². The highest BCUT2D eigenvalue weighted by molar-refractivity contribution is 5.97. The molecular formula is C17H20FNO2. The molecule has 2 rings (SSSR count). The Labute approximate surface area is 124 Å². The number of rotatable bonds is 2. The number of nitrogens with one attached hydrogen (secondary N) is 1. The van der Waals surface area contributed by atoms with Crippen LogP contribution in [0.25, 0.3) is 0 Å². The lowest BCUT2D eigenvalue weighted by atomic mass is 10.0. The third-order valence-corrected chi connectivity index (χ3v) is 4.82. The minimum atomic E-state index is -0.428. The van der Waals surface area contributed by atoms with Crippen LogP contribution in [0.2, 0.25) is 0 Å². The monoisotopic (exact) mass is 289 g/mol. The molecule has 112 valence electrons. The van der Waals surface area contributed by atoms with E-state index in [1.54, 1.807) is 0 Å². The van der Waals surface area contributed by atoms with Crippen molar-refractivity contribution in [2.24, 2.45) is 16.7 Å². The molecule has 0 unspecified atom stereocenters. The summed E-state index contributed by atoms with van der Waals surface area (Å²) in [6.45, 7) is 7.94. The van der Waals surface area contributed by atoms with Gasteiger partial charge in [-0.3, -0.25) is 4.79 Å². The molecule has 0 atom stereocenters. The molecule has 1 aromatic carbocycles. The summed E-state index contributed by atoms with van der Waals surface area (Å²) in [6.07, 6.45) is 0. The van der Waals surface area contributed by atoms with E-state index < -0.39 is 5.82 Å². The van der Waals surface area contributed by atoms with Gasteiger partial charge in [0.15, 0.2) is 0 Å². The minimum absolute atomic E-state index is 0.0615. The largest absolute Gasteiger partial charge is 0.384 e. The zero-order valence-electron chi connectivity index (χ0n) is 12.7. The fourth-order valence-electron chi connectivity index (χ4n) is 2.92. The highest BCUT2D eigenvalue weighted by atomic mass is 19.1. The van der Waals surface area contributed by atoms with Crippen molar-refractivity contribution >= 4 is 11.6 Å². The van der Waals surface area contributed by atoms with Crippen molar-refractivity contribution in [2.75, 3.05) is 11.9 Å². The Kier molecular flexibility index (Phi) is 3.81. The normalized spacial score (nSPS) is 18.6. The minimum Gasteiger partial charge on any atom is -0.384 e. The van der Waals surface area contributed by atoms with Crippen LogP contribution in [0.5, 0.6) is 0 Å². The average Bonchev–Trinajstić information content (AvgIpc) is 2.80. The van der Waals surface area contributed by atoms with E-state index in [1.165, 1.54) is 18.2 Å². The first-order valence-electron chi connectivity index (χ1n) is 6.92. The van der Waals surface area contributed by atoms with Gasteiger partial charge in [0.2, 0.25) is 5.91 Å². The topological polar surface area (TPSA) is 49.3 Å². The summed E-state index contributed by atoms with van der Waals surface area (Å²) in [6, 6.07) is 4.03. The van der Waals surface area contributed by atoms with Gasteiger partial charge in [-0.15, -0.1) is 0 Å². The van der Waals surface area contributed by atoms with Crippen LogP contribution in [0.15, 0.2) is 18.2 Å². The number of hydrogen-bond acceptors (Lipinski definition) is 2. The van der Waals surface area contributed by atoms with Crippen molar-refractivity contribution in [3.63, 3.8) is 0 Å². The van der Waals surface area contributed by atoms with Crippen LogP contribution in [0.3, 0.4) is 0 Å². The van der Waals surface area contributed by atoms with E-state index in [0.717, 1.165) is 0 Å². The lowest BCUT2D eigenvalue weighted by Gasteiger charge is -2.09. The van der Waals surface area contributed by atoms with E-state index >= 15 is 0 Å². The quantitative estimate of drug-likeness (QED) is 0.823. The maximum atomic E-state index is 13.3. The fourth-order valence-corrected chi connectivity index (χ4v) is 2.92. The summed E-state index contributed by atoms with van der Waals surface area (Å²) in [5.74, 6) is 4.53. The number of aliphatic hydroxyl groups excluding tert-OH is 1.